The molecule has 0 amide bonds. The lowest BCUT2D eigenvalue weighted by Crippen LogP contribution is -2.52. The zero-order valence-electron chi connectivity index (χ0n) is 24.4. The maximum absolute atomic E-state index is 12.8. The molecule has 0 aromatic heterocycles. The van der Waals surface area contributed by atoms with E-state index in [1.807, 2.05) is 6.07 Å². The molecule has 0 saturated heterocycles. The van der Waals surface area contributed by atoms with E-state index in [0.717, 1.165) is 37.8 Å². The van der Waals surface area contributed by atoms with Gasteiger partial charge in [-0.3, -0.25) is 0 Å². The molecule has 0 spiro atoms. The third-order valence-electron chi connectivity index (χ3n) is 11.3. The van der Waals surface area contributed by atoms with Gasteiger partial charge < -0.3 is 9.85 Å². The van der Waals surface area contributed by atoms with Crippen molar-refractivity contribution in [2.45, 2.75) is 109 Å². The molecule has 210 valence electrons. The van der Waals surface area contributed by atoms with Crippen molar-refractivity contribution in [3.05, 3.63) is 53.8 Å². The zero-order valence-corrected chi connectivity index (χ0v) is 26.3. The molecule has 0 bridgehead atoms. The molecule has 2 saturated carbocycles. The summed E-state index contributed by atoms with van der Waals surface area (Å²) in [6.45, 7) is 16.7. The van der Waals surface area contributed by atoms with Crippen LogP contribution in [0.25, 0.3) is 0 Å². The van der Waals surface area contributed by atoms with Crippen LogP contribution in [0, 0.1) is 28.6 Å². The number of benzene rings is 1. The van der Waals surface area contributed by atoms with Gasteiger partial charge in [0, 0.05) is 17.2 Å². The predicted molar refractivity (Wildman–Crippen MR) is 157 cm³/mol. The van der Waals surface area contributed by atoms with Crippen LogP contribution in [-0.2, 0) is 14.4 Å². The summed E-state index contributed by atoms with van der Waals surface area (Å²) >= 11 is 0. The molecule has 5 nitrogen and oxygen atoms in total. The van der Waals surface area contributed by atoms with Crippen molar-refractivity contribution in [1.82, 2.24) is 10.3 Å². The second-order valence-electron chi connectivity index (χ2n) is 14.4. The number of hydrogen-bond donors (Lipinski definition) is 2. The SMILES string of the molecule is CC12CCC(O[Si](C)(C)C(C)(C)C)CC1=CCC1C2CCC2(C)C(NNS(=O)(=O)c3ccccc3)=CCC12. The number of hydrazine groups is 1. The number of fused-ring (bicyclic) bond motifs is 5. The number of sulfonamides is 1. The van der Waals surface area contributed by atoms with Crippen molar-refractivity contribution in [3.63, 3.8) is 0 Å². The Labute approximate surface area is 232 Å². The minimum Gasteiger partial charge on any atom is -0.414 e. The second-order valence-corrected chi connectivity index (χ2v) is 20.8. The summed E-state index contributed by atoms with van der Waals surface area (Å²) in [6, 6.07) is 8.58. The van der Waals surface area contributed by atoms with Gasteiger partial charge in [0.25, 0.3) is 10.0 Å². The smallest absolute Gasteiger partial charge is 0.257 e. The summed E-state index contributed by atoms with van der Waals surface area (Å²) in [7, 11) is -5.39. The van der Waals surface area contributed by atoms with Crippen molar-refractivity contribution >= 4 is 18.3 Å². The van der Waals surface area contributed by atoms with Crippen LogP contribution in [-0.4, -0.2) is 22.8 Å². The summed E-state index contributed by atoms with van der Waals surface area (Å²) in [5, 5.41) is 0.240. The predicted octanol–water partition coefficient (Wildman–Crippen LogP) is 7.32. The summed E-state index contributed by atoms with van der Waals surface area (Å²) in [5.74, 6) is 1.88. The van der Waals surface area contributed by atoms with Gasteiger partial charge in [-0.05, 0) is 98.4 Å². The fourth-order valence-corrected chi connectivity index (χ4v) is 10.1. The third-order valence-corrected chi connectivity index (χ3v) is 17.1. The Hall–Kier alpha value is -1.41. The van der Waals surface area contributed by atoms with E-state index in [4.69, 9.17) is 4.43 Å². The van der Waals surface area contributed by atoms with Gasteiger partial charge in [0.05, 0.1) is 4.90 Å². The highest BCUT2D eigenvalue weighted by Crippen LogP contribution is 2.64. The first kappa shape index (κ1) is 28.1. The molecule has 6 atom stereocenters. The molecule has 2 fully saturated rings. The number of allylic oxidation sites excluding steroid dienone is 3. The summed E-state index contributed by atoms with van der Waals surface area (Å²) < 4.78 is 32.5. The van der Waals surface area contributed by atoms with E-state index in [0.29, 0.717) is 23.9 Å². The third kappa shape index (κ3) is 4.75. The first-order valence-electron chi connectivity index (χ1n) is 14.6. The molecule has 1 aromatic rings. The van der Waals surface area contributed by atoms with Crippen LogP contribution in [0.4, 0.5) is 0 Å². The Kier molecular flexibility index (Phi) is 7.11. The molecular weight excluding hydrogens is 509 g/mol. The van der Waals surface area contributed by atoms with E-state index in [1.54, 1.807) is 29.8 Å². The first-order chi connectivity index (χ1) is 17.7. The molecule has 4 aliphatic rings. The average molecular weight is 557 g/mol. The lowest BCUT2D eigenvalue weighted by molar-refractivity contribution is -0.0298. The van der Waals surface area contributed by atoms with E-state index < -0.39 is 18.3 Å². The zero-order chi connectivity index (χ0) is 27.6. The maximum Gasteiger partial charge on any atom is 0.257 e. The molecule has 0 radical (unpaired) electrons. The molecular formula is C31H48N2O3SSi. The second kappa shape index (κ2) is 9.60. The van der Waals surface area contributed by atoms with Crippen LogP contribution in [0.2, 0.25) is 18.1 Å². The molecule has 6 unspecified atom stereocenters. The first-order valence-corrected chi connectivity index (χ1v) is 19.0. The van der Waals surface area contributed by atoms with Crippen LogP contribution < -0.4 is 10.3 Å². The average Bonchev–Trinajstić information content (AvgIpc) is 3.19. The Bertz CT molecular complexity index is 1220. The van der Waals surface area contributed by atoms with Gasteiger partial charge >= 0.3 is 0 Å². The monoisotopic (exact) mass is 556 g/mol. The lowest BCUT2D eigenvalue weighted by atomic mass is 9.48. The van der Waals surface area contributed by atoms with Gasteiger partial charge in [-0.15, -0.1) is 4.83 Å². The van der Waals surface area contributed by atoms with E-state index in [2.05, 4.69) is 70.1 Å². The van der Waals surface area contributed by atoms with E-state index in [9.17, 15) is 8.42 Å². The topological polar surface area (TPSA) is 67.4 Å². The highest BCUT2D eigenvalue weighted by Gasteiger charge is 2.57. The minimum atomic E-state index is -3.61. The Morgan fingerprint density at radius 2 is 1.63 bits per heavy atom. The van der Waals surface area contributed by atoms with Gasteiger partial charge in [0.1, 0.15) is 0 Å². The minimum absolute atomic E-state index is 0.0231. The van der Waals surface area contributed by atoms with Crippen molar-refractivity contribution in [3.8, 4) is 0 Å². The Balaban J connectivity index is 1.28. The van der Waals surface area contributed by atoms with Crippen molar-refractivity contribution in [2.75, 3.05) is 0 Å². The summed E-state index contributed by atoms with van der Waals surface area (Å²) in [5.41, 5.74) is 6.10. The molecule has 7 heteroatoms. The molecule has 5 rings (SSSR count). The quantitative estimate of drug-likeness (QED) is 0.219. The van der Waals surface area contributed by atoms with Crippen molar-refractivity contribution in [2.24, 2.45) is 28.6 Å². The van der Waals surface area contributed by atoms with Gasteiger partial charge in [0.15, 0.2) is 8.32 Å². The molecule has 2 N–H and O–H groups in total. The summed E-state index contributed by atoms with van der Waals surface area (Å²) in [6.07, 6.45) is 13.1. The molecule has 1 aromatic carbocycles. The van der Waals surface area contributed by atoms with Gasteiger partial charge in [-0.25, -0.2) is 8.42 Å². The highest BCUT2D eigenvalue weighted by atomic mass is 32.2. The van der Waals surface area contributed by atoms with Gasteiger partial charge in [0.2, 0.25) is 0 Å². The maximum atomic E-state index is 12.8. The van der Waals surface area contributed by atoms with E-state index in [1.165, 1.54) is 12.8 Å². The number of rotatable bonds is 6. The van der Waals surface area contributed by atoms with Crippen LogP contribution in [0.5, 0.6) is 0 Å². The summed E-state index contributed by atoms with van der Waals surface area (Å²) in [4.78, 5) is 2.95. The van der Waals surface area contributed by atoms with Gasteiger partial charge in [-0.2, -0.15) is 0 Å². The fraction of sp³-hybridized carbons (Fsp3) is 0.677. The van der Waals surface area contributed by atoms with Crippen LogP contribution in [0.15, 0.2) is 58.6 Å². The number of nitrogens with one attached hydrogen (secondary N) is 2. The standard InChI is InChI=1S/C31H48N2O3SSi/c1-29(2,3)38(6,7)36-23-17-19-30(4)22(21-23)13-14-25-26-15-16-28(31(26,5)20-18-27(25)30)32-33-37(34,35)24-11-9-8-10-12-24/h8-13,16,23,25-27,32-33H,14-15,17-21H2,1-7H3. The van der Waals surface area contributed by atoms with Crippen molar-refractivity contribution < 1.29 is 12.8 Å². The Morgan fingerprint density at radius 3 is 2.32 bits per heavy atom. The van der Waals surface area contributed by atoms with Gasteiger partial charge in [-0.1, -0.05) is 70.5 Å². The molecule has 0 heterocycles. The normalized spacial score (nSPS) is 35.4. The molecule has 4 aliphatic carbocycles. The number of hydrogen-bond acceptors (Lipinski definition) is 4. The highest BCUT2D eigenvalue weighted by molar-refractivity contribution is 7.89. The molecule has 38 heavy (non-hydrogen) atoms. The van der Waals surface area contributed by atoms with E-state index in [-0.39, 0.29) is 20.8 Å². The largest absolute Gasteiger partial charge is 0.414 e. The molecule has 0 aliphatic heterocycles. The fourth-order valence-electron chi connectivity index (χ4n) is 7.86. The van der Waals surface area contributed by atoms with Crippen LogP contribution in [0.3, 0.4) is 0 Å². The van der Waals surface area contributed by atoms with E-state index >= 15 is 0 Å². The lowest BCUT2D eigenvalue weighted by Gasteiger charge is -2.58. The Morgan fingerprint density at radius 1 is 0.947 bits per heavy atom. The van der Waals surface area contributed by atoms with Crippen molar-refractivity contribution in [1.29, 1.82) is 0 Å². The van der Waals surface area contributed by atoms with Crippen LogP contribution in [0.1, 0.15) is 79.6 Å². The van der Waals surface area contributed by atoms with Crippen LogP contribution >= 0.6 is 0 Å².